The van der Waals surface area contributed by atoms with Crippen molar-refractivity contribution in [3.05, 3.63) is 31.4 Å². The van der Waals surface area contributed by atoms with E-state index in [2.05, 4.69) is 6.58 Å². The molecule has 10 heteroatoms. The maximum atomic E-state index is 12.9. The molecule has 1 N–H and O–H groups in total. The number of hydrogen-bond donors (Lipinski definition) is 1. The molecule has 1 aromatic rings. The zero-order valence-corrected chi connectivity index (χ0v) is 16.2. The third-order valence-corrected chi connectivity index (χ3v) is 6.45. The first-order valence-corrected chi connectivity index (χ1v) is 9.42. The van der Waals surface area contributed by atoms with E-state index in [-0.39, 0.29) is 5.75 Å². The zero-order valence-electron chi connectivity index (χ0n) is 11.1. The molecule has 124 valence electrons. The monoisotopic (exact) mass is 562 g/mol. The lowest BCUT2D eigenvalue weighted by Gasteiger charge is -2.22. The van der Waals surface area contributed by atoms with Gasteiger partial charge in [0.15, 0.2) is 0 Å². The van der Waals surface area contributed by atoms with Crippen LogP contribution in [0.2, 0.25) is 0 Å². The van der Waals surface area contributed by atoms with Crippen LogP contribution in [0, 0.1) is 7.14 Å². The van der Waals surface area contributed by atoms with Crippen molar-refractivity contribution in [1.82, 2.24) is 0 Å². The lowest BCUT2D eigenvalue weighted by Crippen LogP contribution is -2.40. The molecule has 1 atom stereocenters. The highest BCUT2D eigenvalue weighted by molar-refractivity contribution is 14.1. The Hall–Kier alpha value is -0.0800. The number of halogens is 5. The van der Waals surface area contributed by atoms with Crippen LogP contribution >= 0.6 is 45.2 Å². The van der Waals surface area contributed by atoms with Crippen molar-refractivity contribution < 1.29 is 30.9 Å². The molecule has 1 rings (SSSR count). The van der Waals surface area contributed by atoms with Crippen LogP contribution in [0.25, 0.3) is 5.57 Å². The molecule has 0 aliphatic rings. The molecule has 0 saturated carbocycles. The predicted molar refractivity (Wildman–Crippen MR) is 93.5 cm³/mol. The van der Waals surface area contributed by atoms with Gasteiger partial charge in [-0.1, -0.05) is 6.58 Å². The average Bonchev–Trinajstić information content (AvgIpc) is 2.30. The molecule has 0 radical (unpaired) electrons. The quantitative estimate of drug-likeness (QED) is 0.434. The molecule has 0 heterocycles. The van der Waals surface area contributed by atoms with Crippen LogP contribution in [0.1, 0.15) is 12.5 Å². The van der Waals surface area contributed by atoms with Gasteiger partial charge in [-0.15, -0.1) is 0 Å². The molecule has 0 aromatic heterocycles. The van der Waals surface area contributed by atoms with E-state index in [9.17, 15) is 21.6 Å². The maximum Gasteiger partial charge on any atom is 0.426 e. The number of benzene rings is 1. The largest absolute Gasteiger partial charge is 0.479 e. The van der Waals surface area contributed by atoms with Crippen LogP contribution in [-0.4, -0.2) is 31.0 Å². The minimum atomic E-state index is -4.93. The molecule has 1 aromatic carbocycles. The fourth-order valence-corrected chi connectivity index (χ4v) is 3.64. The van der Waals surface area contributed by atoms with Gasteiger partial charge in [-0.3, -0.25) is 4.55 Å². The van der Waals surface area contributed by atoms with E-state index in [1.807, 2.05) is 45.2 Å². The van der Waals surface area contributed by atoms with Gasteiger partial charge in [0.25, 0.3) is 10.1 Å². The predicted octanol–water partition coefficient (Wildman–Crippen LogP) is 4.13. The summed E-state index contributed by atoms with van der Waals surface area (Å²) in [5.41, 5.74) is 1.50. The van der Waals surface area contributed by atoms with Gasteiger partial charge in [0.1, 0.15) is 11.5 Å². The van der Waals surface area contributed by atoms with Gasteiger partial charge >= 0.3 is 6.18 Å². The minimum absolute atomic E-state index is 0.110. The van der Waals surface area contributed by atoms with E-state index in [0.717, 1.165) is 11.1 Å². The summed E-state index contributed by atoms with van der Waals surface area (Å²) in [4.78, 5) is 0. The third-order valence-electron chi connectivity index (χ3n) is 2.50. The van der Waals surface area contributed by atoms with Crippen LogP contribution in [0.4, 0.5) is 13.2 Å². The van der Waals surface area contributed by atoms with Crippen LogP contribution in [0.5, 0.6) is 5.75 Å². The van der Waals surface area contributed by atoms with E-state index in [4.69, 9.17) is 9.29 Å². The van der Waals surface area contributed by atoms with Crippen molar-refractivity contribution in [2.75, 3.05) is 5.75 Å². The summed E-state index contributed by atoms with van der Waals surface area (Å²) < 4.78 is 74.5. The summed E-state index contributed by atoms with van der Waals surface area (Å²) in [6.45, 7) is 5.52. The molecule has 0 spiro atoms. The molecule has 4 nitrogen and oxygen atoms in total. The topological polar surface area (TPSA) is 63.6 Å². The van der Waals surface area contributed by atoms with Crippen molar-refractivity contribution in [3.63, 3.8) is 0 Å². The lowest BCUT2D eigenvalue weighted by atomic mass is 10.1. The Balaban J connectivity index is 3.20. The maximum absolute atomic E-state index is 12.9. The van der Waals surface area contributed by atoms with Gasteiger partial charge in [-0.2, -0.15) is 21.6 Å². The van der Waals surface area contributed by atoms with Crippen molar-refractivity contribution in [2.24, 2.45) is 0 Å². The van der Waals surface area contributed by atoms with E-state index in [1.54, 1.807) is 13.0 Å². The number of ether oxygens (including phenoxy) is 1. The van der Waals surface area contributed by atoms with Crippen molar-refractivity contribution in [2.45, 2.75) is 19.2 Å². The van der Waals surface area contributed by atoms with Crippen LogP contribution in [0.3, 0.4) is 0 Å². The average molecular weight is 562 g/mol. The van der Waals surface area contributed by atoms with Crippen molar-refractivity contribution in [1.29, 1.82) is 0 Å². The highest BCUT2D eigenvalue weighted by Gasteiger charge is 2.44. The molecule has 0 amide bonds. The Labute approximate surface area is 153 Å². The van der Waals surface area contributed by atoms with Gasteiger partial charge < -0.3 is 4.74 Å². The third kappa shape index (κ3) is 5.53. The first-order chi connectivity index (χ1) is 9.83. The van der Waals surface area contributed by atoms with Gasteiger partial charge in [0.05, 0.1) is 3.57 Å². The Morgan fingerprint density at radius 3 is 2.32 bits per heavy atom. The van der Waals surface area contributed by atoms with Crippen LogP contribution in [-0.2, 0) is 10.1 Å². The molecule has 0 aliphatic carbocycles. The Bertz CT molecular complexity index is 686. The molecule has 22 heavy (non-hydrogen) atoms. The fraction of sp³-hybridized carbons (Fsp3) is 0.333. The highest BCUT2D eigenvalue weighted by atomic mass is 127. The van der Waals surface area contributed by atoms with Gasteiger partial charge in [-0.25, -0.2) is 0 Å². The summed E-state index contributed by atoms with van der Waals surface area (Å²) in [7, 11) is -4.83. The number of rotatable bonds is 5. The van der Waals surface area contributed by atoms with Crippen LogP contribution < -0.4 is 4.74 Å². The van der Waals surface area contributed by atoms with E-state index < -0.39 is 28.2 Å². The zero-order chi connectivity index (χ0) is 17.3. The highest BCUT2D eigenvalue weighted by Crippen LogP contribution is 2.34. The second-order valence-electron chi connectivity index (χ2n) is 4.42. The number of alkyl halides is 3. The van der Waals surface area contributed by atoms with Crippen molar-refractivity contribution >= 4 is 60.9 Å². The second kappa shape index (κ2) is 7.21. The number of hydrogen-bond acceptors (Lipinski definition) is 3. The lowest BCUT2D eigenvalue weighted by molar-refractivity contribution is -0.188. The minimum Gasteiger partial charge on any atom is -0.479 e. The Morgan fingerprint density at radius 1 is 1.36 bits per heavy atom. The standard InChI is InChI=1S/C12H11F3I2O4S/c1-6(2)7-3-4-8(11(17)10(7)16)21-9(12(13,14)15)5-22(18,19)20/h3-4,9H,1,5H2,2H3,(H,18,19,20). The Morgan fingerprint density at radius 2 is 1.91 bits per heavy atom. The first kappa shape index (κ1) is 20.0. The summed E-state index contributed by atoms with van der Waals surface area (Å²) in [6, 6.07) is 2.86. The van der Waals surface area contributed by atoms with Gasteiger partial charge in [0.2, 0.25) is 6.10 Å². The molecule has 0 aliphatic heterocycles. The molecular weight excluding hydrogens is 551 g/mol. The summed E-state index contributed by atoms with van der Waals surface area (Å²) in [6.07, 6.45) is -7.58. The van der Waals surface area contributed by atoms with E-state index >= 15 is 0 Å². The summed E-state index contributed by atoms with van der Waals surface area (Å²) >= 11 is 3.75. The molecule has 1 unspecified atom stereocenters. The molecular formula is C12H11F3I2O4S. The number of allylic oxidation sites excluding steroid dienone is 1. The van der Waals surface area contributed by atoms with Gasteiger partial charge in [0, 0.05) is 3.57 Å². The van der Waals surface area contributed by atoms with E-state index in [0.29, 0.717) is 7.14 Å². The normalized spacial score (nSPS) is 13.8. The van der Waals surface area contributed by atoms with E-state index in [1.165, 1.54) is 6.07 Å². The SMILES string of the molecule is C=C(C)c1ccc(OC(CS(=O)(=O)O)C(F)(F)F)c(I)c1I. The van der Waals surface area contributed by atoms with Gasteiger partial charge in [-0.05, 0) is 75.4 Å². The molecule has 0 bridgehead atoms. The summed E-state index contributed by atoms with van der Waals surface area (Å²) in [5.74, 6) is -1.67. The molecule has 0 fully saturated rings. The van der Waals surface area contributed by atoms with Crippen molar-refractivity contribution in [3.8, 4) is 5.75 Å². The first-order valence-electron chi connectivity index (χ1n) is 5.65. The smallest absolute Gasteiger partial charge is 0.426 e. The van der Waals surface area contributed by atoms with Crippen LogP contribution in [0.15, 0.2) is 18.7 Å². The Kier molecular flexibility index (Phi) is 6.55. The second-order valence-corrected chi connectivity index (χ2v) is 8.07. The molecule has 0 saturated heterocycles. The summed E-state index contributed by atoms with van der Waals surface area (Å²) in [5, 5.41) is 0. The fourth-order valence-electron chi connectivity index (χ4n) is 1.49.